The first-order chi connectivity index (χ1) is 9.66. The molecule has 1 atom stereocenters. The van der Waals surface area contributed by atoms with E-state index in [4.69, 9.17) is 23.2 Å². The van der Waals surface area contributed by atoms with E-state index in [1.54, 1.807) is 6.07 Å². The van der Waals surface area contributed by atoms with E-state index >= 15 is 0 Å². The van der Waals surface area contributed by atoms with E-state index in [9.17, 15) is 5.11 Å². The predicted molar refractivity (Wildman–Crippen MR) is 97.1 cm³/mol. The van der Waals surface area contributed by atoms with Crippen LogP contribution in [0.1, 0.15) is 30.9 Å². The van der Waals surface area contributed by atoms with Gasteiger partial charge in [0.05, 0.1) is 5.02 Å². The number of halogens is 4. The molecule has 2 N–H and O–H groups in total. The second kappa shape index (κ2) is 8.81. The van der Waals surface area contributed by atoms with Crippen molar-refractivity contribution >= 4 is 48.0 Å². The smallest absolute Gasteiger partial charge is 0.140 e. The van der Waals surface area contributed by atoms with E-state index in [0.717, 1.165) is 44.1 Å². The Morgan fingerprint density at radius 1 is 1.18 bits per heavy atom. The third-order valence-electron chi connectivity index (χ3n) is 4.31. The standard InChI is InChI=1S/C15H20Cl2N2O.2ClH/c16-12-4-3-11(15(20)14(12)17)13(9-10-1-2-10)19-7-5-18-6-8-19;;/h3-4,10,13,18,20H,1-2,5-9H2;2*1H/t13-;;/m1../s1. The Hall–Kier alpha value is 0.1000. The summed E-state index contributed by atoms with van der Waals surface area (Å²) >= 11 is 12.1. The topological polar surface area (TPSA) is 35.5 Å². The molecule has 1 aliphatic heterocycles. The number of phenolic OH excluding ortho intramolecular Hbond substituents is 1. The Balaban J connectivity index is 0.00000121. The molecule has 3 rings (SSSR count). The normalized spacial score (nSPS) is 19.9. The van der Waals surface area contributed by atoms with Gasteiger partial charge in [0.15, 0.2) is 0 Å². The highest BCUT2D eigenvalue weighted by atomic mass is 35.5. The van der Waals surface area contributed by atoms with Crippen molar-refractivity contribution in [1.29, 1.82) is 0 Å². The van der Waals surface area contributed by atoms with Crippen LogP contribution in [0.25, 0.3) is 0 Å². The molecule has 2 aliphatic rings. The minimum Gasteiger partial charge on any atom is -0.506 e. The highest BCUT2D eigenvalue weighted by Gasteiger charge is 2.32. The average molecular weight is 388 g/mol. The number of nitrogens with zero attached hydrogens (tertiary/aromatic N) is 1. The fraction of sp³-hybridized carbons (Fsp3) is 0.600. The average Bonchev–Trinajstić information content (AvgIpc) is 3.28. The molecule has 1 aliphatic carbocycles. The maximum absolute atomic E-state index is 10.4. The molecule has 0 spiro atoms. The van der Waals surface area contributed by atoms with Gasteiger partial charge >= 0.3 is 0 Å². The van der Waals surface area contributed by atoms with Crippen molar-refractivity contribution in [3.8, 4) is 5.75 Å². The Kier molecular flexibility index (Phi) is 8.07. The van der Waals surface area contributed by atoms with E-state index in [1.807, 2.05) is 6.07 Å². The molecule has 3 nitrogen and oxygen atoms in total. The first kappa shape index (κ1) is 20.1. The van der Waals surface area contributed by atoms with Crippen LogP contribution in [0.3, 0.4) is 0 Å². The van der Waals surface area contributed by atoms with Crippen molar-refractivity contribution in [2.45, 2.75) is 25.3 Å². The molecule has 0 unspecified atom stereocenters. The molecule has 22 heavy (non-hydrogen) atoms. The van der Waals surface area contributed by atoms with Gasteiger partial charge in [-0.3, -0.25) is 4.90 Å². The van der Waals surface area contributed by atoms with Crippen LogP contribution in [-0.4, -0.2) is 36.2 Å². The van der Waals surface area contributed by atoms with E-state index in [1.165, 1.54) is 12.8 Å². The van der Waals surface area contributed by atoms with Crippen molar-refractivity contribution in [1.82, 2.24) is 10.2 Å². The third kappa shape index (κ3) is 4.56. The van der Waals surface area contributed by atoms with E-state index < -0.39 is 0 Å². The first-order valence-corrected chi connectivity index (χ1v) is 8.04. The lowest BCUT2D eigenvalue weighted by Crippen LogP contribution is -2.45. The lowest BCUT2D eigenvalue weighted by Gasteiger charge is -2.35. The maximum Gasteiger partial charge on any atom is 0.140 e. The summed E-state index contributed by atoms with van der Waals surface area (Å²) < 4.78 is 0. The zero-order valence-corrected chi connectivity index (χ0v) is 15.4. The second-order valence-corrected chi connectivity index (χ2v) is 6.57. The summed E-state index contributed by atoms with van der Waals surface area (Å²) in [6.45, 7) is 4.03. The number of nitrogens with one attached hydrogen (secondary N) is 1. The molecule has 0 amide bonds. The van der Waals surface area contributed by atoms with Gasteiger partial charge in [-0.2, -0.15) is 0 Å². The number of hydrogen-bond acceptors (Lipinski definition) is 3. The highest BCUT2D eigenvalue weighted by molar-refractivity contribution is 6.43. The molecule has 7 heteroatoms. The fourth-order valence-corrected chi connectivity index (χ4v) is 3.28. The number of hydrogen-bond donors (Lipinski definition) is 2. The molecule has 1 aromatic rings. The highest BCUT2D eigenvalue weighted by Crippen LogP contribution is 2.45. The molecule has 0 bridgehead atoms. The summed E-state index contributed by atoms with van der Waals surface area (Å²) in [5, 5.41) is 14.4. The summed E-state index contributed by atoms with van der Waals surface area (Å²) in [4.78, 5) is 2.45. The summed E-state index contributed by atoms with van der Waals surface area (Å²) in [7, 11) is 0. The number of rotatable bonds is 4. The lowest BCUT2D eigenvalue weighted by molar-refractivity contribution is 0.158. The van der Waals surface area contributed by atoms with Gasteiger partial charge in [-0.05, 0) is 18.4 Å². The van der Waals surface area contributed by atoms with Crippen LogP contribution in [0.2, 0.25) is 10.0 Å². The molecule has 126 valence electrons. The van der Waals surface area contributed by atoms with Crippen molar-refractivity contribution in [3.05, 3.63) is 27.7 Å². The summed E-state index contributed by atoms with van der Waals surface area (Å²) in [5.74, 6) is 0.951. The Bertz CT molecular complexity index is 491. The number of aromatic hydroxyl groups is 1. The maximum atomic E-state index is 10.4. The van der Waals surface area contributed by atoms with Gasteiger partial charge in [-0.25, -0.2) is 0 Å². The summed E-state index contributed by atoms with van der Waals surface area (Å²) in [6.07, 6.45) is 3.72. The zero-order valence-electron chi connectivity index (χ0n) is 12.2. The SMILES string of the molecule is Cl.Cl.Oc1c([C@@H](CC2CC2)N2CCNCC2)ccc(Cl)c1Cl. The van der Waals surface area contributed by atoms with Crippen LogP contribution >= 0.6 is 48.0 Å². The quantitative estimate of drug-likeness (QED) is 0.808. The van der Waals surface area contributed by atoms with Crippen molar-refractivity contribution in [2.24, 2.45) is 5.92 Å². The monoisotopic (exact) mass is 386 g/mol. The van der Waals surface area contributed by atoms with Crippen LogP contribution in [-0.2, 0) is 0 Å². The van der Waals surface area contributed by atoms with Crippen molar-refractivity contribution in [3.63, 3.8) is 0 Å². The number of benzene rings is 1. The summed E-state index contributed by atoms with van der Waals surface area (Å²) in [5.41, 5.74) is 0.924. The molecule has 1 heterocycles. The predicted octanol–water partition coefficient (Wildman–Crippen LogP) is 4.29. The van der Waals surface area contributed by atoms with Crippen molar-refractivity contribution < 1.29 is 5.11 Å². The third-order valence-corrected chi connectivity index (χ3v) is 5.10. The second-order valence-electron chi connectivity index (χ2n) is 5.78. The first-order valence-electron chi connectivity index (χ1n) is 7.28. The van der Waals surface area contributed by atoms with E-state index in [2.05, 4.69) is 10.2 Å². The van der Waals surface area contributed by atoms with Gasteiger partial charge in [-0.1, -0.05) is 42.1 Å². The fourth-order valence-electron chi connectivity index (χ4n) is 2.96. The number of phenols is 1. The molecule has 0 radical (unpaired) electrons. The Morgan fingerprint density at radius 3 is 2.41 bits per heavy atom. The lowest BCUT2D eigenvalue weighted by atomic mass is 9.97. The van der Waals surface area contributed by atoms with Gasteiger partial charge in [-0.15, -0.1) is 24.8 Å². The molecule has 1 aromatic carbocycles. The van der Waals surface area contributed by atoms with Crippen LogP contribution in [0.15, 0.2) is 12.1 Å². The van der Waals surface area contributed by atoms with Crippen molar-refractivity contribution in [2.75, 3.05) is 26.2 Å². The Morgan fingerprint density at radius 2 is 1.82 bits per heavy atom. The molecular formula is C15H22Cl4N2O. The molecular weight excluding hydrogens is 366 g/mol. The van der Waals surface area contributed by atoms with Crippen LogP contribution in [0.4, 0.5) is 0 Å². The number of piperazine rings is 1. The minimum absolute atomic E-state index is 0. The molecule has 1 saturated heterocycles. The molecule has 2 fully saturated rings. The van der Waals surface area contributed by atoms with Crippen LogP contribution in [0, 0.1) is 5.92 Å². The minimum atomic E-state index is 0. The molecule has 1 saturated carbocycles. The van der Waals surface area contributed by atoms with E-state index in [0.29, 0.717) is 5.02 Å². The largest absolute Gasteiger partial charge is 0.506 e. The Labute approximate surface area is 154 Å². The van der Waals surface area contributed by atoms with E-state index in [-0.39, 0.29) is 41.6 Å². The van der Waals surface area contributed by atoms with Gasteiger partial charge in [0.25, 0.3) is 0 Å². The zero-order chi connectivity index (χ0) is 14.1. The van der Waals surface area contributed by atoms with Gasteiger partial charge in [0.2, 0.25) is 0 Å². The van der Waals surface area contributed by atoms with Gasteiger partial charge in [0.1, 0.15) is 10.8 Å². The molecule has 0 aromatic heterocycles. The van der Waals surface area contributed by atoms with Crippen LogP contribution in [0.5, 0.6) is 5.75 Å². The summed E-state index contributed by atoms with van der Waals surface area (Å²) in [6, 6.07) is 3.97. The van der Waals surface area contributed by atoms with Gasteiger partial charge < -0.3 is 10.4 Å². The van der Waals surface area contributed by atoms with Gasteiger partial charge in [0, 0.05) is 37.8 Å². The van der Waals surface area contributed by atoms with Crippen LogP contribution < -0.4 is 5.32 Å².